The van der Waals surface area contributed by atoms with Gasteiger partial charge in [0.1, 0.15) is 0 Å². The minimum absolute atomic E-state index is 0.487. The summed E-state index contributed by atoms with van der Waals surface area (Å²) < 4.78 is 2.09. The number of aromatic nitrogens is 2. The average molecular weight is 278 g/mol. The fourth-order valence-corrected chi connectivity index (χ4v) is 3.31. The topological polar surface area (TPSA) is 47.1 Å². The van der Waals surface area contributed by atoms with Crippen LogP contribution in [0.3, 0.4) is 0 Å². The predicted octanol–water partition coefficient (Wildman–Crippen LogP) is 2.80. The van der Waals surface area contributed by atoms with Gasteiger partial charge in [0.15, 0.2) is 0 Å². The van der Waals surface area contributed by atoms with E-state index in [0.29, 0.717) is 18.0 Å². The molecular weight excluding hydrogens is 248 g/mol. The summed E-state index contributed by atoms with van der Waals surface area (Å²) in [7, 11) is 2.22. The first-order chi connectivity index (χ1) is 9.65. The van der Waals surface area contributed by atoms with Crippen molar-refractivity contribution in [2.24, 2.45) is 11.7 Å². The molecular formula is C16H30N4. The first-order valence-corrected chi connectivity index (χ1v) is 8.10. The van der Waals surface area contributed by atoms with Gasteiger partial charge in [-0.1, -0.05) is 19.8 Å². The van der Waals surface area contributed by atoms with Crippen LogP contribution >= 0.6 is 0 Å². The molecule has 2 rings (SSSR count). The monoisotopic (exact) mass is 278 g/mol. The molecule has 20 heavy (non-hydrogen) atoms. The van der Waals surface area contributed by atoms with Crippen molar-refractivity contribution >= 4 is 0 Å². The molecule has 0 saturated heterocycles. The highest BCUT2D eigenvalue weighted by Crippen LogP contribution is 2.27. The van der Waals surface area contributed by atoms with Crippen LogP contribution in [0.25, 0.3) is 0 Å². The fourth-order valence-electron chi connectivity index (χ4n) is 3.31. The second kappa shape index (κ2) is 7.23. The summed E-state index contributed by atoms with van der Waals surface area (Å²) >= 11 is 0. The number of rotatable bonds is 6. The molecule has 1 aromatic rings. The van der Waals surface area contributed by atoms with Gasteiger partial charge in [-0.2, -0.15) is 5.10 Å². The standard InChI is InChI=1S/C16H30N4/c1-4-13(2)20-10-9-15(18-20)12-19(3)16-8-6-5-7-14(16)11-17/h9-10,13-14,16H,4-8,11-12,17H2,1-3H3. The first kappa shape index (κ1) is 15.5. The van der Waals surface area contributed by atoms with Crippen molar-refractivity contribution in [1.29, 1.82) is 0 Å². The molecule has 3 unspecified atom stereocenters. The molecule has 0 aromatic carbocycles. The van der Waals surface area contributed by atoms with E-state index in [1.807, 2.05) is 0 Å². The van der Waals surface area contributed by atoms with E-state index in [9.17, 15) is 0 Å². The number of nitrogens with zero attached hydrogens (tertiary/aromatic N) is 3. The van der Waals surface area contributed by atoms with Crippen LogP contribution < -0.4 is 5.73 Å². The highest BCUT2D eigenvalue weighted by Gasteiger charge is 2.27. The second-order valence-corrected chi connectivity index (χ2v) is 6.31. The Kier molecular flexibility index (Phi) is 5.61. The van der Waals surface area contributed by atoms with Crippen molar-refractivity contribution in [1.82, 2.24) is 14.7 Å². The van der Waals surface area contributed by atoms with Crippen LogP contribution in [0, 0.1) is 5.92 Å². The van der Waals surface area contributed by atoms with Crippen LogP contribution in [-0.2, 0) is 6.54 Å². The van der Waals surface area contributed by atoms with E-state index in [1.165, 1.54) is 31.4 Å². The van der Waals surface area contributed by atoms with Crippen molar-refractivity contribution in [3.8, 4) is 0 Å². The Morgan fingerprint density at radius 3 is 2.90 bits per heavy atom. The van der Waals surface area contributed by atoms with Gasteiger partial charge < -0.3 is 5.73 Å². The van der Waals surface area contributed by atoms with Crippen molar-refractivity contribution < 1.29 is 0 Å². The summed E-state index contributed by atoms with van der Waals surface area (Å²) in [6, 6.07) is 3.27. The minimum atomic E-state index is 0.487. The lowest BCUT2D eigenvalue weighted by Gasteiger charge is -2.37. The Labute approximate surface area is 123 Å². The van der Waals surface area contributed by atoms with E-state index >= 15 is 0 Å². The Bertz CT molecular complexity index is 401. The third-order valence-corrected chi connectivity index (χ3v) is 4.86. The van der Waals surface area contributed by atoms with Gasteiger partial charge in [-0.3, -0.25) is 9.58 Å². The van der Waals surface area contributed by atoms with Gasteiger partial charge in [0.2, 0.25) is 0 Å². The van der Waals surface area contributed by atoms with Gasteiger partial charge in [0.05, 0.1) is 5.69 Å². The third-order valence-electron chi connectivity index (χ3n) is 4.86. The quantitative estimate of drug-likeness (QED) is 0.870. The fraction of sp³-hybridized carbons (Fsp3) is 0.812. The molecule has 4 heteroatoms. The lowest BCUT2D eigenvalue weighted by molar-refractivity contribution is 0.126. The molecule has 1 aromatic heterocycles. The molecule has 0 radical (unpaired) electrons. The van der Waals surface area contributed by atoms with Crippen LogP contribution in [0.4, 0.5) is 0 Å². The Balaban J connectivity index is 1.96. The largest absolute Gasteiger partial charge is 0.330 e. The molecule has 4 nitrogen and oxygen atoms in total. The molecule has 0 bridgehead atoms. The molecule has 2 N–H and O–H groups in total. The lowest BCUT2D eigenvalue weighted by Crippen LogP contribution is -2.42. The maximum absolute atomic E-state index is 5.94. The zero-order valence-electron chi connectivity index (χ0n) is 13.3. The number of nitrogens with two attached hydrogens (primary N) is 1. The van der Waals surface area contributed by atoms with Crippen LogP contribution in [0.1, 0.15) is 57.7 Å². The second-order valence-electron chi connectivity index (χ2n) is 6.31. The highest BCUT2D eigenvalue weighted by molar-refractivity contribution is 5.00. The van der Waals surface area contributed by atoms with E-state index in [4.69, 9.17) is 10.8 Å². The summed E-state index contributed by atoms with van der Waals surface area (Å²) in [5.41, 5.74) is 7.12. The van der Waals surface area contributed by atoms with Gasteiger partial charge >= 0.3 is 0 Å². The summed E-state index contributed by atoms with van der Waals surface area (Å²) in [6.45, 7) is 6.17. The van der Waals surface area contributed by atoms with Crippen LogP contribution in [0.2, 0.25) is 0 Å². The summed E-state index contributed by atoms with van der Waals surface area (Å²) in [5.74, 6) is 0.658. The minimum Gasteiger partial charge on any atom is -0.330 e. The van der Waals surface area contributed by atoms with Crippen molar-refractivity contribution in [2.75, 3.05) is 13.6 Å². The summed E-state index contributed by atoms with van der Waals surface area (Å²) in [5, 5.41) is 4.71. The van der Waals surface area contributed by atoms with Gasteiger partial charge in [-0.25, -0.2) is 0 Å². The van der Waals surface area contributed by atoms with E-state index < -0.39 is 0 Å². The first-order valence-electron chi connectivity index (χ1n) is 8.10. The predicted molar refractivity (Wildman–Crippen MR) is 83.5 cm³/mol. The van der Waals surface area contributed by atoms with Crippen molar-refractivity contribution in [3.63, 3.8) is 0 Å². The van der Waals surface area contributed by atoms with Gasteiger partial charge in [0, 0.05) is 24.8 Å². The average Bonchev–Trinajstić information content (AvgIpc) is 2.94. The normalized spacial score (nSPS) is 25.1. The Morgan fingerprint density at radius 2 is 2.20 bits per heavy atom. The maximum Gasteiger partial charge on any atom is 0.0764 e. The summed E-state index contributed by atoms with van der Waals surface area (Å²) in [6.07, 6.45) is 8.48. The zero-order chi connectivity index (χ0) is 14.5. The van der Waals surface area contributed by atoms with Crippen LogP contribution in [0.15, 0.2) is 12.3 Å². The third kappa shape index (κ3) is 3.61. The molecule has 114 valence electrons. The molecule has 0 aliphatic heterocycles. The molecule has 1 fully saturated rings. The highest BCUT2D eigenvalue weighted by atomic mass is 15.3. The molecule has 1 aliphatic carbocycles. The van der Waals surface area contributed by atoms with E-state index in [-0.39, 0.29) is 0 Å². The van der Waals surface area contributed by atoms with E-state index in [1.54, 1.807) is 0 Å². The van der Waals surface area contributed by atoms with E-state index in [0.717, 1.165) is 19.5 Å². The van der Waals surface area contributed by atoms with E-state index in [2.05, 4.69) is 42.7 Å². The Morgan fingerprint density at radius 1 is 1.45 bits per heavy atom. The van der Waals surface area contributed by atoms with Gasteiger partial charge in [0.25, 0.3) is 0 Å². The molecule has 3 atom stereocenters. The molecule has 1 heterocycles. The molecule has 0 amide bonds. The number of hydrogen-bond acceptors (Lipinski definition) is 3. The van der Waals surface area contributed by atoms with Crippen molar-refractivity contribution in [3.05, 3.63) is 18.0 Å². The SMILES string of the molecule is CCC(C)n1ccc(CN(C)C2CCCCC2CN)n1. The smallest absolute Gasteiger partial charge is 0.0764 e. The molecule has 1 saturated carbocycles. The zero-order valence-corrected chi connectivity index (χ0v) is 13.3. The summed E-state index contributed by atoms with van der Waals surface area (Å²) in [4.78, 5) is 2.46. The van der Waals surface area contributed by atoms with Gasteiger partial charge in [-0.15, -0.1) is 0 Å². The van der Waals surface area contributed by atoms with Gasteiger partial charge in [-0.05, 0) is 51.8 Å². The molecule has 1 aliphatic rings. The lowest BCUT2D eigenvalue weighted by atomic mass is 9.83. The van der Waals surface area contributed by atoms with Crippen molar-refractivity contribution in [2.45, 2.75) is 64.6 Å². The van der Waals surface area contributed by atoms with Crippen LogP contribution in [0.5, 0.6) is 0 Å². The van der Waals surface area contributed by atoms with Crippen LogP contribution in [-0.4, -0.2) is 34.3 Å². The Hall–Kier alpha value is -0.870. The maximum atomic E-state index is 5.94. The molecule has 0 spiro atoms. The number of hydrogen-bond donors (Lipinski definition) is 1.